The molecule has 6 nitrogen and oxygen atoms in total. The number of hydrogen-bond acceptors (Lipinski definition) is 5. The molecule has 1 aromatic carbocycles. The molecule has 1 N–H and O–H groups in total. The van der Waals surface area contributed by atoms with Gasteiger partial charge < -0.3 is 19.2 Å². The average Bonchev–Trinajstić information content (AvgIpc) is 2.96. The molecule has 0 aliphatic rings. The summed E-state index contributed by atoms with van der Waals surface area (Å²) in [4.78, 5) is 24.3. The van der Waals surface area contributed by atoms with Crippen molar-refractivity contribution in [3.8, 4) is 0 Å². The minimum atomic E-state index is -0.891. The quantitative estimate of drug-likeness (QED) is 0.751. The van der Waals surface area contributed by atoms with Crippen LogP contribution < -0.4 is 5.32 Å². The minimum Gasteiger partial charge on any atom is -0.449 e. The Kier molecular flexibility index (Phi) is 6.37. The van der Waals surface area contributed by atoms with E-state index in [1.54, 1.807) is 6.07 Å². The third-order valence-electron chi connectivity index (χ3n) is 3.54. The standard InChI is InChI=1S/C18H23NO5/c1-4-10-19-17(20)12(3)23-18(21)16-14(11-22-5-2)13-8-6-7-9-15(13)24-16/h6-9,12H,4-5,10-11H2,1-3H3,(H,19,20)/t12-/m0/s1. The number of fused-ring (bicyclic) bond motifs is 1. The van der Waals surface area contributed by atoms with Crippen LogP contribution in [-0.2, 0) is 20.9 Å². The van der Waals surface area contributed by atoms with Crippen molar-refractivity contribution < 1.29 is 23.5 Å². The molecule has 6 heteroatoms. The molecule has 2 rings (SSSR count). The molecular weight excluding hydrogens is 310 g/mol. The van der Waals surface area contributed by atoms with E-state index in [0.29, 0.717) is 24.3 Å². The zero-order valence-electron chi connectivity index (χ0n) is 14.3. The molecule has 1 aromatic heterocycles. The number of furan rings is 1. The monoisotopic (exact) mass is 333 g/mol. The van der Waals surface area contributed by atoms with Crippen LogP contribution in [0.25, 0.3) is 11.0 Å². The number of carbonyl (C=O) groups is 2. The van der Waals surface area contributed by atoms with E-state index < -0.39 is 12.1 Å². The van der Waals surface area contributed by atoms with Gasteiger partial charge in [-0.05, 0) is 26.3 Å². The predicted molar refractivity (Wildman–Crippen MR) is 89.7 cm³/mol. The highest BCUT2D eigenvalue weighted by Crippen LogP contribution is 2.27. The van der Waals surface area contributed by atoms with Crippen molar-refractivity contribution in [2.24, 2.45) is 0 Å². The maximum Gasteiger partial charge on any atom is 0.375 e. The number of nitrogens with one attached hydrogen (secondary N) is 1. The second-order valence-electron chi connectivity index (χ2n) is 5.38. The SMILES string of the molecule is CCCNC(=O)[C@H](C)OC(=O)c1oc2ccccc2c1COCC. The van der Waals surface area contributed by atoms with Gasteiger partial charge in [0.25, 0.3) is 5.91 Å². The summed E-state index contributed by atoms with van der Waals surface area (Å²) in [6.07, 6.45) is -0.0775. The zero-order chi connectivity index (χ0) is 17.5. The van der Waals surface area contributed by atoms with Crippen molar-refractivity contribution in [1.82, 2.24) is 5.32 Å². The number of rotatable bonds is 8. The molecular formula is C18H23NO5. The van der Waals surface area contributed by atoms with Crippen LogP contribution in [0.1, 0.15) is 43.3 Å². The van der Waals surface area contributed by atoms with Crippen molar-refractivity contribution in [1.29, 1.82) is 0 Å². The first-order valence-corrected chi connectivity index (χ1v) is 8.15. The van der Waals surface area contributed by atoms with Crippen LogP contribution in [0.2, 0.25) is 0 Å². The molecule has 2 aromatic rings. The number of hydrogen-bond donors (Lipinski definition) is 1. The van der Waals surface area contributed by atoms with Crippen LogP contribution in [0, 0.1) is 0 Å². The normalized spacial score (nSPS) is 12.1. The molecule has 0 saturated carbocycles. The first-order valence-electron chi connectivity index (χ1n) is 8.15. The average molecular weight is 333 g/mol. The second-order valence-corrected chi connectivity index (χ2v) is 5.38. The van der Waals surface area contributed by atoms with E-state index >= 15 is 0 Å². The van der Waals surface area contributed by atoms with E-state index in [1.165, 1.54) is 6.92 Å². The van der Waals surface area contributed by atoms with E-state index in [1.807, 2.05) is 32.0 Å². The minimum absolute atomic E-state index is 0.0831. The van der Waals surface area contributed by atoms with Gasteiger partial charge in [0.2, 0.25) is 5.76 Å². The summed E-state index contributed by atoms with van der Waals surface area (Å²) in [5, 5.41) is 3.50. The van der Waals surface area contributed by atoms with E-state index in [9.17, 15) is 9.59 Å². The molecule has 0 fully saturated rings. The molecule has 0 unspecified atom stereocenters. The first-order chi connectivity index (χ1) is 11.6. The smallest absolute Gasteiger partial charge is 0.375 e. The van der Waals surface area contributed by atoms with E-state index in [2.05, 4.69) is 5.32 Å². The van der Waals surface area contributed by atoms with Gasteiger partial charge in [-0.1, -0.05) is 25.1 Å². The molecule has 0 spiro atoms. The van der Waals surface area contributed by atoms with Crippen molar-refractivity contribution in [3.63, 3.8) is 0 Å². The summed E-state index contributed by atoms with van der Waals surface area (Å²) < 4.78 is 16.3. The fourth-order valence-corrected chi connectivity index (χ4v) is 2.27. The Balaban J connectivity index is 2.20. The molecule has 1 heterocycles. The highest BCUT2D eigenvalue weighted by atomic mass is 16.6. The predicted octanol–water partition coefficient (Wildman–Crippen LogP) is 3.04. The second kappa shape index (κ2) is 8.49. The number of ether oxygens (including phenoxy) is 2. The van der Waals surface area contributed by atoms with Crippen LogP contribution in [0.5, 0.6) is 0 Å². The summed E-state index contributed by atoms with van der Waals surface area (Å²) >= 11 is 0. The van der Waals surface area contributed by atoms with Crippen molar-refractivity contribution in [2.45, 2.75) is 39.9 Å². The van der Waals surface area contributed by atoms with Crippen molar-refractivity contribution in [2.75, 3.05) is 13.2 Å². The van der Waals surface area contributed by atoms with Crippen LogP contribution >= 0.6 is 0 Å². The third kappa shape index (κ3) is 4.14. The summed E-state index contributed by atoms with van der Waals surface area (Å²) in [5.74, 6) is -0.910. The first kappa shape index (κ1) is 18.0. The van der Waals surface area contributed by atoms with Gasteiger partial charge >= 0.3 is 5.97 Å². The van der Waals surface area contributed by atoms with Gasteiger partial charge in [0.05, 0.1) is 6.61 Å². The number of benzene rings is 1. The lowest BCUT2D eigenvalue weighted by atomic mass is 10.1. The Morgan fingerprint density at radius 2 is 2.00 bits per heavy atom. The highest BCUT2D eigenvalue weighted by Gasteiger charge is 2.25. The van der Waals surface area contributed by atoms with Gasteiger partial charge in [0.15, 0.2) is 6.10 Å². The van der Waals surface area contributed by atoms with Crippen LogP contribution in [0.4, 0.5) is 0 Å². The van der Waals surface area contributed by atoms with Crippen molar-refractivity contribution >= 4 is 22.8 Å². The van der Waals surface area contributed by atoms with Gasteiger partial charge in [-0.3, -0.25) is 4.79 Å². The van der Waals surface area contributed by atoms with Gasteiger partial charge in [-0.25, -0.2) is 4.79 Å². The maximum absolute atomic E-state index is 12.4. The van der Waals surface area contributed by atoms with E-state index in [0.717, 1.165) is 11.8 Å². The molecule has 24 heavy (non-hydrogen) atoms. The van der Waals surface area contributed by atoms with Gasteiger partial charge in [-0.15, -0.1) is 0 Å². The Hall–Kier alpha value is -2.34. The fraction of sp³-hybridized carbons (Fsp3) is 0.444. The third-order valence-corrected chi connectivity index (χ3v) is 3.54. The zero-order valence-corrected chi connectivity index (χ0v) is 14.3. The van der Waals surface area contributed by atoms with Crippen LogP contribution in [0.3, 0.4) is 0 Å². The molecule has 0 aliphatic heterocycles. The summed E-state index contributed by atoms with van der Waals surface area (Å²) in [6, 6.07) is 7.33. The molecule has 0 radical (unpaired) electrons. The lowest BCUT2D eigenvalue weighted by Gasteiger charge is -2.12. The largest absolute Gasteiger partial charge is 0.449 e. The Labute approximate surface area is 141 Å². The number of carbonyl (C=O) groups excluding carboxylic acids is 2. The highest BCUT2D eigenvalue weighted by molar-refractivity contribution is 5.97. The van der Waals surface area contributed by atoms with Crippen LogP contribution in [-0.4, -0.2) is 31.1 Å². The fourth-order valence-electron chi connectivity index (χ4n) is 2.27. The molecule has 1 atom stereocenters. The number of para-hydroxylation sites is 1. The molecule has 0 saturated heterocycles. The summed E-state index contributed by atoms with van der Waals surface area (Å²) in [5.41, 5.74) is 1.22. The van der Waals surface area contributed by atoms with Gasteiger partial charge in [-0.2, -0.15) is 0 Å². The van der Waals surface area contributed by atoms with E-state index in [4.69, 9.17) is 13.9 Å². The van der Waals surface area contributed by atoms with Gasteiger partial charge in [0.1, 0.15) is 5.58 Å². The molecule has 130 valence electrons. The molecule has 0 aliphatic carbocycles. The summed E-state index contributed by atoms with van der Waals surface area (Å²) in [7, 11) is 0. The lowest BCUT2D eigenvalue weighted by molar-refractivity contribution is -0.129. The molecule has 1 amide bonds. The maximum atomic E-state index is 12.4. The lowest BCUT2D eigenvalue weighted by Crippen LogP contribution is -2.36. The molecule has 0 bridgehead atoms. The van der Waals surface area contributed by atoms with Crippen LogP contribution in [0.15, 0.2) is 28.7 Å². The summed E-state index contributed by atoms with van der Waals surface area (Å²) in [6.45, 7) is 6.67. The van der Waals surface area contributed by atoms with E-state index in [-0.39, 0.29) is 18.3 Å². The van der Waals surface area contributed by atoms with Crippen molar-refractivity contribution in [3.05, 3.63) is 35.6 Å². The topological polar surface area (TPSA) is 77.8 Å². The number of amides is 1. The Bertz CT molecular complexity index is 706. The number of esters is 1. The Morgan fingerprint density at radius 3 is 2.71 bits per heavy atom. The van der Waals surface area contributed by atoms with Gasteiger partial charge in [0, 0.05) is 24.1 Å². The Morgan fingerprint density at radius 1 is 1.25 bits per heavy atom.